The van der Waals surface area contributed by atoms with Crippen LogP contribution in [0.5, 0.6) is 11.5 Å². The number of nitrogens with one attached hydrogen (secondary N) is 2. The summed E-state index contributed by atoms with van der Waals surface area (Å²) in [5, 5.41) is 14.8. The Hall–Kier alpha value is -2.27. The van der Waals surface area contributed by atoms with E-state index in [0.717, 1.165) is 19.3 Å². The fourth-order valence-corrected chi connectivity index (χ4v) is 3.93. The number of rotatable bonds is 8. The number of halogens is 1. The molecule has 2 amide bonds. The molecule has 0 radical (unpaired) electrons. The molecule has 7 nitrogen and oxygen atoms in total. The van der Waals surface area contributed by atoms with Gasteiger partial charge in [0.05, 0.1) is 22.7 Å². The van der Waals surface area contributed by atoms with Gasteiger partial charge in [-0.25, -0.2) is 0 Å². The molecule has 8 heteroatoms. The van der Waals surface area contributed by atoms with Gasteiger partial charge in [0.2, 0.25) is 5.91 Å². The number of hydrogen-bond acceptors (Lipinski definition) is 5. The SMILES string of the molecule is CCNC(=O)C1(NC(=O)COc2c(Br)cc(C#N)cc2OCC)CCCCC1. The summed E-state index contributed by atoms with van der Waals surface area (Å²) in [6.07, 6.45) is 4.09. The van der Waals surface area contributed by atoms with Gasteiger partial charge in [-0.3, -0.25) is 9.59 Å². The van der Waals surface area contributed by atoms with Gasteiger partial charge in [-0.1, -0.05) is 19.3 Å². The molecule has 0 saturated heterocycles. The molecule has 1 aliphatic carbocycles. The number of benzene rings is 1. The van der Waals surface area contributed by atoms with E-state index in [2.05, 4.69) is 32.6 Å². The van der Waals surface area contributed by atoms with Gasteiger partial charge in [-0.2, -0.15) is 5.26 Å². The molecule has 0 atom stereocenters. The lowest BCUT2D eigenvalue weighted by molar-refractivity contribution is -0.135. The molecular formula is C20H26BrN3O4. The van der Waals surface area contributed by atoms with Crippen molar-refractivity contribution in [3.63, 3.8) is 0 Å². The van der Waals surface area contributed by atoms with Gasteiger partial charge in [-0.05, 0) is 48.7 Å². The summed E-state index contributed by atoms with van der Waals surface area (Å²) in [5.41, 5.74) is -0.455. The standard InChI is InChI=1S/C20H26BrN3O4/c1-3-23-19(26)20(8-6-5-7-9-20)24-17(25)13-28-18-15(21)10-14(12-22)11-16(18)27-4-2/h10-11H,3-9,13H2,1-2H3,(H,23,26)(H,24,25). The molecule has 0 aliphatic heterocycles. The molecular weight excluding hydrogens is 426 g/mol. The van der Waals surface area contributed by atoms with Gasteiger partial charge in [0.15, 0.2) is 18.1 Å². The molecule has 0 unspecified atom stereocenters. The average Bonchev–Trinajstić information content (AvgIpc) is 2.68. The van der Waals surface area contributed by atoms with E-state index in [4.69, 9.17) is 14.7 Å². The minimum Gasteiger partial charge on any atom is -0.490 e. The summed E-state index contributed by atoms with van der Waals surface area (Å²) in [6.45, 7) is 4.33. The normalized spacial score (nSPS) is 15.2. The van der Waals surface area contributed by atoms with Crippen LogP contribution in [-0.4, -0.2) is 37.1 Å². The third kappa shape index (κ3) is 5.38. The first kappa shape index (κ1) is 22.0. The minimum atomic E-state index is -0.876. The number of hydrogen-bond donors (Lipinski definition) is 2. The Kier molecular flexibility index (Phi) is 8.12. The molecule has 0 spiro atoms. The van der Waals surface area contributed by atoms with Crippen molar-refractivity contribution in [2.24, 2.45) is 0 Å². The van der Waals surface area contributed by atoms with Gasteiger partial charge in [-0.15, -0.1) is 0 Å². The van der Waals surface area contributed by atoms with Crippen molar-refractivity contribution >= 4 is 27.7 Å². The summed E-state index contributed by atoms with van der Waals surface area (Å²) in [6, 6.07) is 5.23. The molecule has 1 saturated carbocycles. The highest BCUT2D eigenvalue weighted by molar-refractivity contribution is 9.10. The van der Waals surface area contributed by atoms with E-state index < -0.39 is 5.54 Å². The molecule has 2 rings (SSSR count). The van der Waals surface area contributed by atoms with Crippen molar-refractivity contribution in [2.45, 2.75) is 51.5 Å². The van der Waals surface area contributed by atoms with Crippen molar-refractivity contribution in [2.75, 3.05) is 19.8 Å². The van der Waals surface area contributed by atoms with Gasteiger partial charge in [0.1, 0.15) is 5.54 Å². The van der Waals surface area contributed by atoms with E-state index in [0.29, 0.717) is 47.5 Å². The minimum absolute atomic E-state index is 0.141. The first-order valence-corrected chi connectivity index (χ1v) is 10.3. The second-order valence-electron chi connectivity index (χ2n) is 6.67. The van der Waals surface area contributed by atoms with Crippen LogP contribution in [0.2, 0.25) is 0 Å². The zero-order chi connectivity index (χ0) is 20.6. The molecule has 1 aliphatic rings. The third-order valence-corrected chi connectivity index (χ3v) is 5.23. The zero-order valence-electron chi connectivity index (χ0n) is 16.3. The molecule has 1 aromatic rings. The Labute approximate surface area is 173 Å². The van der Waals surface area contributed by atoms with E-state index in [1.54, 1.807) is 12.1 Å². The number of ether oxygens (including phenoxy) is 2. The highest BCUT2D eigenvalue weighted by Gasteiger charge is 2.40. The first-order chi connectivity index (χ1) is 13.5. The average molecular weight is 452 g/mol. The Morgan fingerprint density at radius 3 is 2.54 bits per heavy atom. The number of nitrogens with zero attached hydrogens (tertiary/aromatic N) is 1. The van der Waals surface area contributed by atoms with Crippen molar-refractivity contribution in [1.29, 1.82) is 5.26 Å². The van der Waals surface area contributed by atoms with E-state index in [1.165, 1.54) is 0 Å². The van der Waals surface area contributed by atoms with Crippen molar-refractivity contribution in [1.82, 2.24) is 10.6 Å². The quantitative estimate of drug-likeness (QED) is 0.632. The number of nitriles is 1. The van der Waals surface area contributed by atoms with Crippen molar-refractivity contribution < 1.29 is 19.1 Å². The molecule has 0 bridgehead atoms. The second-order valence-corrected chi connectivity index (χ2v) is 7.52. The van der Waals surface area contributed by atoms with Crippen LogP contribution in [0.15, 0.2) is 16.6 Å². The monoisotopic (exact) mass is 451 g/mol. The molecule has 2 N–H and O–H groups in total. The van der Waals surface area contributed by atoms with Gasteiger partial charge in [0.25, 0.3) is 5.91 Å². The summed E-state index contributed by atoms with van der Waals surface area (Å²) in [7, 11) is 0. The lowest BCUT2D eigenvalue weighted by Gasteiger charge is -2.36. The van der Waals surface area contributed by atoms with Crippen molar-refractivity contribution in [3.05, 3.63) is 22.2 Å². The molecule has 1 fully saturated rings. The van der Waals surface area contributed by atoms with E-state index in [9.17, 15) is 9.59 Å². The van der Waals surface area contributed by atoms with Crippen LogP contribution in [0.25, 0.3) is 0 Å². The Morgan fingerprint density at radius 2 is 1.93 bits per heavy atom. The maximum Gasteiger partial charge on any atom is 0.258 e. The number of amides is 2. The number of carbonyl (C=O) groups is 2. The molecule has 0 heterocycles. The number of likely N-dealkylation sites (N-methyl/N-ethyl adjacent to an activating group) is 1. The first-order valence-electron chi connectivity index (χ1n) is 9.54. The summed E-state index contributed by atoms with van der Waals surface area (Å²) >= 11 is 3.36. The van der Waals surface area contributed by atoms with Crippen LogP contribution < -0.4 is 20.1 Å². The molecule has 1 aromatic carbocycles. The predicted octanol–water partition coefficient (Wildman–Crippen LogP) is 3.05. The van der Waals surface area contributed by atoms with Gasteiger partial charge in [0, 0.05) is 12.6 Å². The lowest BCUT2D eigenvalue weighted by Crippen LogP contribution is -2.60. The van der Waals surface area contributed by atoms with Crippen LogP contribution in [0.1, 0.15) is 51.5 Å². The van der Waals surface area contributed by atoms with Crippen molar-refractivity contribution in [3.8, 4) is 17.6 Å². The van der Waals surface area contributed by atoms with E-state index >= 15 is 0 Å². The smallest absolute Gasteiger partial charge is 0.258 e. The summed E-state index contributed by atoms with van der Waals surface area (Å²) in [4.78, 5) is 25.1. The highest BCUT2D eigenvalue weighted by Crippen LogP contribution is 2.37. The summed E-state index contributed by atoms with van der Waals surface area (Å²) < 4.78 is 11.7. The second kappa shape index (κ2) is 10.3. The number of carbonyl (C=O) groups excluding carboxylic acids is 2. The zero-order valence-corrected chi connectivity index (χ0v) is 17.9. The Morgan fingerprint density at radius 1 is 1.21 bits per heavy atom. The molecule has 0 aromatic heterocycles. The Balaban J connectivity index is 2.10. The topological polar surface area (TPSA) is 100 Å². The lowest BCUT2D eigenvalue weighted by atomic mass is 9.80. The van der Waals surface area contributed by atoms with Crippen LogP contribution in [0.3, 0.4) is 0 Å². The maximum atomic E-state index is 12.6. The fraction of sp³-hybridized carbons (Fsp3) is 0.550. The van der Waals surface area contributed by atoms with E-state index in [-0.39, 0.29) is 18.4 Å². The molecule has 28 heavy (non-hydrogen) atoms. The third-order valence-electron chi connectivity index (χ3n) is 4.64. The van der Waals surface area contributed by atoms with Gasteiger partial charge < -0.3 is 20.1 Å². The summed E-state index contributed by atoms with van der Waals surface area (Å²) in [5.74, 6) is 0.230. The Bertz CT molecular complexity index is 755. The van der Waals surface area contributed by atoms with Crippen LogP contribution in [0.4, 0.5) is 0 Å². The predicted molar refractivity (Wildman–Crippen MR) is 108 cm³/mol. The van der Waals surface area contributed by atoms with Crippen LogP contribution in [0, 0.1) is 11.3 Å². The van der Waals surface area contributed by atoms with Gasteiger partial charge >= 0.3 is 0 Å². The fourth-order valence-electron chi connectivity index (χ4n) is 3.37. The molecule has 152 valence electrons. The van der Waals surface area contributed by atoms with E-state index in [1.807, 2.05) is 13.8 Å². The largest absolute Gasteiger partial charge is 0.490 e. The van der Waals surface area contributed by atoms with Crippen LogP contribution >= 0.6 is 15.9 Å². The maximum absolute atomic E-state index is 12.6. The van der Waals surface area contributed by atoms with Crippen LogP contribution in [-0.2, 0) is 9.59 Å². The highest BCUT2D eigenvalue weighted by atomic mass is 79.9.